The van der Waals surface area contributed by atoms with Crippen LogP contribution in [0.1, 0.15) is 43.5 Å². The number of esters is 2. The van der Waals surface area contributed by atoms with Crippen molar-refractivity contribution in [3.63, 3.8) is 0 Å². The van der Waals surface area contributed by atoms with E-state index in [0.717, 1.165) is 12.8 Å². The lowest BCUT2D eigenvalue weighted by atomic mass is 10.0. The van der Waals surface area contributed by atoms with Gasteiger partial charge in [0.1, 0.15) is 6.61 Å². The van der Waals surface area contributed by atoms with Crippen molar-refractivity contribution in [1.82, 2.24) is 14.9 Å². The number of carbonyl (C=O) groups excluding carboxylic acids is 3. The number of nitrogens with zero attached hydrogens (tertiary/aromatic N) is 1. The highest BCUT2D eigenvalue weighted by molar-refractivity contribution is 7.89. The maximum atomic E-state index is 12.8. The SMILES string of the molecule is CCOC(=O)C1=C(COC(=O)c2cc(S(=O)(=O)N3CCCC3)ccc2Cl)NC(=O)NC1CC. The number of halogens is 1. The predicted molar refractivity (Wildman–Crippen MR) is 119 cm³/mol. The van der Waals surface area contributed by atoms with Gasteiger partial charge in [0, 0.05) is 13.1 Å². The monoisotopic (exact) mass is 499 g/mol. The predicted octanol–water partition coefficient (Wildman–Crippen LogP) is 2.19. The molecule has 2 heterocycles. The van der Waals surface area contributed by atoms with E-state index in [1.54, 1.807) is 13.8 Å². The Kier molecular flexibility index (Phi) is 7.98. The van der Waals surface area contributed by atoms with E-state index in [0.29, 0.717) is 19.5 Å². The van der Waals surface area contributed by atoms with Crippen LogP contribution in [-0.2, 0) is 24.3 Å². The molecule has 1 aromatic rings. The van der Waals surface area contributed by atoms with Gasteiger partial charge in [-0.25, -0.2) is 22.8 Å². The van der Waals surface area contributed by atoms with Crippen molar-refractivity contribution in [2.45, 2.75) is 44.0 Å². The lowest BCUT2D eigenvalue weighted by Crippen LogP contribution is -2.51. The van der Waals surface area contributed by atoms with Crippen LogP contribution in [0.15, 0.2) is 34.4 Å². The average Bonchev–Trinajstić information content (AvgIpc) is 3.33. The molecule has 1 unspecified atom stereocenters. The molecule has 2 amide bonds. The fourth-order valence-corrected chi connectivity index (χ4v) is 5.43. The van der Waals surface area contributed by atoms with Gasteiger partial charge in [0.05, 0.1) is 39.4 Å². The van der Waals surface area contributed by atoms with E-state index < -0.39 is 40.6 Å². The van der Waals surface area contributed by atoms with Crippen molar-refractivity contribution in [2.24, 2.45) is 0 Å². The molecule has 10 nitrogen and oxygen atoms in total. The lowest BCUT2D eigenvalue weighted by molar-refractivity contribution is -0.139. The summed E-state index contributed by atoms with van der Waals surface area (Å²) in [7, 11) is -3.76. The number of hydrogen-bond acceptors (Lipinski definition) is 7. The second kappa shape index (κ2) is 10.5. The van der Waals surface area contributed by atoms with Gasteiger partial charge < -0.3 is 20.1 Å². The standard InChI is InChI=1S/C21H26ClN3O7S/c1-3-16-18(20(27)31-4-2)17(24-21(28)23-16)12-32-19(26)14-11-13(7-8-15(14)22)33(29,30)25-9-5-6-10-25/h7-8,11,16H,3-6,9-10,12H2,1-2H3,(H2,23,24,28). The Balaban J connectivity index is 1.84. The summed E-state index contributed by atoms with van der Waals surface area (Å²) in [6.07, 6.45) is 1.97. The number of benzene rings is 1. The first-order chi connectivity index (χ1) is 15.7. The van der Waals surface area contributed by atoms with Gasteiger partial charge >= 0.3 is 18.0 Å². The fourth-order valence-electron chi connectivity index (χ4n) is 3.69. The summed E-state index contributed by atoms with van der Waals surface area (Å²) in [5.41, 5.74) is 0.111. The summed E-state index contributed by atoms with van der Waals surface area (Å²) in [5.74, 6) is -1.53. The molecule has 1 fully saturated rings. The number of amides is 2. The Bertz CT molecular complexity index is 1080. The zero-order valence-electron chi connectivity index (χ0n) is 18.4. The summed E-state index contributed by atoms with van der Waals surface area (Å²) in [6, 6.07) is 2.69. The molecule has 180 valence electrons. The molecule has 12 heteroatoms. The van der Waals surface area contributed by atoms with E-state index >= 15 is 0 Å². The van der Waals surface area contributed by atoms with Crippen LogP contribution >= 0.6 is 11.6 Å². The Morgan fingerprint density at radius 2 is 1.85 bits per heavy atom. The van der Waals surface area contributed by atoms with Gasteiger partial charge in [-0.3, -0.25) is 0 Å². The first-order valence-corrected chi connectivity index (χ1v) is 12.4. The number of rotatable bonds is 8. The van der Waals surface area contributed by atoms with Crippen molar-refractivity contribution in [3.8, 4) is 0 Å². The topological polar surface area (TPSA) is 131 Å². The van der Waals surface area contributed by atoms with E-state index in [1.807, 2.05) is 0 Å². The third-order valence-corrected chi connectivity index (χ3v) is 7.58. The maximum absolute atomic E-state index is 12.8. The van der Waals surface area contributed by atoms with E-state index in [2.05, 4.69) is 10.6 Å². The average molecular weight is 500 g/mol. The van der Waals surface area contributed by atoms with Crippen molar-refractivity contribution in [1.29, 1.82) is 0 Å². The molecule has 1 aromatic carbocycles. The molecule has 2 aliphatic rings. The third kappa shape index (κ3) is 5.48. The largest absolute Gasteiger partial charge is 0.463 e. The molecule has 1 saturated heterocycles. The first kappa shape index (κ1) is 25.0. The Morgan fingerprint density at radius 3 is 2.48 bits per heavy atom. The van der Waals surface area contributed by atoms with Crippen LogP contribution in [0.5, 0.6) is 0 Å². The van der Waals surface area contributed by atoms with Gasteiger partial charge in [-0.2, -0.15) is 4.31 Å². The molecule has 0 saturated carbocycles. The number of nitrogens with one attached hydrogen (secondary N) is 2. The van der Waals surface area contributed by atoms with Gasteiger partial charge in [-0.1, -0.05) is 18.5 Å². The molecule has 0 radical (unpaired) electrons. The molecular formula is C21H26ClN3O7S. The molecule has 0 aromatic heterocycles. The molecule has 0 bridgehead atoms. The van der Waals surface area contributed by atoms with E-state index in [9.17, 15) is 22.8 Å². The maximum Gasteiger partial charge on any atom is 0.340 e. The van der Waals surface area contributed by atoms with E-state index in [4.69, 9.17) is 21.1 Å². The van der Waals surface area contributed by atoms with Crippen LogP contribution in [0, 0.1) is 0 Å². The lowest BCUT2D eigenvalue weighted by Gasteiger charge is -2.28. The van der Waals surface area contributed by atoms with Gasteiger partial charge in [0.2, 0.25) is 10.0 Å². The molecule has 33 heavy (non-hydrogen) atoms. The van der Waals surface area contributed by atoms with Crippen molar-refractivity contribution in [3.05, 3.63) is 40.1 Å². The van der Waals surface area contributed by atoms with Gasteiger partial charge in [0.15, 0.2) is 0 Å². The van der Waals surface area contributed by atoms with Crippen LogP contribution < -0.4 is 10.6 Å². The molecule has 0 aliphatic carbocycles. The highest BCUT2D eigenvalue weighted by Gasteiger charge is 2.33. The van der Waals surface area contributed by atoms with Gasteiger partial charge in [-0.15, -0.1) is 0 Å². The minimum Gasteiger partial charge on any atom is -0.463 e. The molecule has 1 atom stereocenters. The van der Waals surface area contributed by atoms with Gasteiger partial charge in [0.25, 0.3) is 0 Å². The van der Waals surface area contributed by atoms with Crippen molar-refractivity contribution in [2.75, 3.05) is 26.3 Å². The van der Waals surface area contributed by atoms with Crippen molar-refractivity contribution < 1.29 is 32.3 Å². The highest BCUT2D eigenvalue weighted by atomic mass is 35.5. The molecule has 2 aliphatic heterocycles. The van der Waals surface area contributed by atoms with Crippen LogP contribution in [0.2, 0.25) is 5.02 Å². The van der Waals surface area contributed by atoms with Crippen LogP contribution in [-0.4, -0.2) is 63.0 Å². The highest BCUT2D eigenvalue weighted by Crippen LogP contribution is 2.26. The van der Waals surface area contributed by atoms with Crippen LogP contribution in [0.25, 0.3) is 0 Å². The molecule has 3 rings (SSSR count). The smallest absolute Gasteiger partial charge is 0.340 e. The fraction of sp³-hybridized carbons (Fsp3) is 0.476. The zero-order valence-corrected chi connectivity index (χ0v) is 19.9. The van der Waals surface area contributed by atoms with Crippen LogP contribution in [0.4, 0.5) is 4.79 Å². The third-order valence-electron chi connectivity index (χ3n) is 5.36. The summed E-state index contributed by atoms with van der Waals surface area (Å²) in [4.78, 5) is 37.1. The van der Waals surface area contributed by atoms with E-state index in [1.165, 1.54) is 22.5 Å². The molecule has 2 N–H and O–H groups in total. The number of urea groups is 1. The second-order valence-electron chi connectivity index (χ2n) is 7.50. The molecular weight excluding hydrogens is 474 g/mol. The van der Waals surface area contributed by atoms with E-state index in [-0.39, 0.29) is 33.4 Å². The van der Waals surface area contributed by atoms with Crippen LogP contribution in [0.3, 0.4) is 0 Å². The summed E-state index contributed by atoms with van der Waals surface area (Å²) >= 11 is 6.14. The summed E-state index contributed by atoms with van der Waals surface area (Å²) < 4.78 is 37.4. The number of hydrogen-bond donors (Lipinski definition) is 2. The number of carbonyl (C=O) groups is 3. The summed E-state index contributed by atoms with van der Waals surface area (Å²) in [6.45, 7) is 3.97. The number of sulfonamides is 1. The normalized spacial score (nSPS) is 19.1. The zero-order chi connectivity index (χ0) is 24.2. The quantitative estimate of drug-likeness (QED) is 0.524. The Hall–Kier alpha value is -2.63. The second-order valence-corrected chi connectivity index (χ2v) is 9.85. The first-order valence-electron chi connectivity index (χ1n) is 10.6. The minimum atomic E-state index is -3.76. The number of ether oxygens (including phenoxy) is 2. The Morgan fingerprint density at radius 1 is 1.15 bits per heavy atom. The van der Waals surface area contributed by atoms with Crippen molar-refractivity contribution >= 4 is 39.6 Å². The Labute approximate surface area is 197 Å². The van der Waals surface area contributed by atoms with Gasteiger partial charge in [-0.05, 0) is 44.4 Å². The summed E-state index contributed by atoms with van der Waals surface area (Å²) in [5, 5.41) is 5.12. The molecule has 0 spiro atoms. The minimum absolute atomic E-state index is 0.0146.